The summed E-state index contributed by atoms with van der Waals surface area (Å²) in [6.45, 7) is 0. The first-order valence-corrected chi connectivity index (χ1v) is 6.76. The molecule has 0 bridgehead atoms. The Morgan fingerprint density at radius 2 is 1.58 bits per heavy atom. The molecule has 0 spiro atoms. The van der Waals surface area contributed by atoms with Crippen LogP contribution in [0.4, 0.5) is 4.39 Å². The van der Waals surface area contributed by atoms with Gasteiger partial charge in [-0.05, 0) is 42.0 Å². The molecule has 19 heavy (non-hydrogen) atoms. The molecule has 96 valence electrons. The summed E-state index contributed by atoms with van der Waals surface area (Å²) in [5.41, 5.74) is 3.15. The predicted octanol–water partition coefficient (Wildman–Crippen LogP) is 4.42. The van der Waals surface area contributed by atoms with Gasteiger partial charge < -0.3 is 9.97 Å². The second-order valence-electron chi connectivity index (χ2n) is 4.35. The fourth-order valence-electron chi connectivity index (χ4n) is 2.29. The van der Waals surface area contributed by atoms with Gasteiger partial charge in [-0.1, -0.05) is 22.0 Å². The Morgan fingerprint density at radius 3 is 2.05 bits per heavy atom. The van der Waals surface area contributed by atoms with Gasteiger partial charge in [-0.25, -0.2) is 4.39 Å². The molecule has 0 fully saturated rings. The molecule has 2 N–H and O–H groups in total. The van der Waals surface area contributed by atoms with E-state index < -0.39 is 0 Å². The molecule has 2 nitrogen and oxygen atoms in total. The van der Waals surface area contributed by atoms with Crippen LogP contribution in [0.3, 0.4) is 0 Å². The van der Waals surface area contributed by atoms with Gasteiger partial charge in [-0.15, -0.1) is 0 Å². The van der Waals surface area contributed by atoms with Crippen LogP contribution in [-0.2, 0) is 0 Å². The minimum atomic E-state index is -0.243. The van der Waals surface area contributed by atoms with Crippen LogP contribution in [0.15, 0.2) is 59.3 Å². The molecule has 0 amide bonds. The smallest absolute Gasteiger partial charge is 0.124 e. The lowest BCUT2D eigenvalue weighted by Crippen LogP contribution is -2.05. The maximum absolute atomic E-state index is 13.3. The summed E-state index contributed by atoms with van der Waals surface area (Å²) in [5.74, 6) is -0.215. The SMILES string of the molecule is Fc1ccc(C(c2ccc[nH]2)c2ccc[nH]2)c(Br)c1. The highest BCUT2D eigenvalue weighted by molar-refractivity contribution is 9.10. The lowest BCUT2D eigenvalue weighted by Gasteiger charge is -2.17. The van der Waals surface area contributed by atoms with Crippen molar-refractivity contribution in [3.8, 4) is 0 Å². The van der Waals surface area contributed by atoms with Gasteiger partial charge in [0.2, 0.25) is 0 Å². The lowest BCUT2D eigenvalue weighted by molar-refractivity contribution is 0.625. The third-order valence-corrected chi connectivity index (χ3v) is 3.83. The van der Waals surface area contributed by atoms with Gasteiger partial charge in [0.05, 0.1) is 5.92 Å². The van der Waals surface area contributed by atoms with Crippen LogP contribution in [0.25, 0.3) is 0 Å². The minimum Gasteiger partial charge on any atom is -0.364 e. The zero-order chi connectivity index (χ0) is 13.2. The van der Waals surface area contributed by atoms with E-state index in [0.717, 1.165) is 21.4 Å². The van der Waals surface area contributed by atoms with Gasteiger partial charge in [0, 0.05) is 28.3 Å². The van der Waals surface area contributed by atoms with Gasteiger partial charge in [-0.2, -0.15) is 0 Å². The highest BCUT2D eigenvalue weighted by Crippen LogP contribution is 2.34. The molecule has 0 aliphatic heterocycles. The van der Waals surface area contributed by atoms with Crippen molar-refractivity contribution in [2.75, 3.05) is 0 Å². The average molecular weight is 319 g/mol. The quantitative estimate of drug-likeness (QED) is 0.716. The average Bonchev–Trinajstić information content (AvgIpc) is 3.06. The summed E-state index contributed by atoms with van der Waals surface area (Å²) in [7, 11) is 0. The first-order chi connectivity index (χ1) is 9.25. The van der Waals surface area contributed by atoms with E-state index in [-0.39, 0.29) is 11.7 Å². The number of hydrogen-bond donors (Lipinski definition) is 2. The zero-order valence-electron chi connectivity index (χ0n) is 10.0. The van der Waals surface area contributed by atoms with Gasteiger partial charge in [0.1, 0.15) is 5.82 Å². The van der Waals surface area contributed by atoms with Crippen LogP contribution in [0.2, 0.25) is 0 Å². The highest BCUT2D eigenvalue weighted by atomic mass is 79.9. The Hall–Kier alpha value is -1.81. The Bertz CT molecular complexity index is 625. The van der Waals surface area contributed by atoms with Gasteiger partial charge in [0.15, 0.2) is 0 Å². The molecule has 2 aromatic heterocycles. The fourth-order valence-corrected chi connectivity index (χ4v) is 2.87. The normalized spacial score (nSPS) is 11.1. The van der Waals surface area contributed by atoms with Gasteiger partial charge in [0.25, 0.3) is 0 Å². The van der Waals surface area contributed by atoms with E-state index in [1.54, 1.807) is 0 Å². The number of H-pyrrole nitrogens is 2. The summed E-state index contributed by atoms with van der Waals surface area (Å²) in [4.78, 5) is 6.46. The van der Waals surface area contributed by atoms with Crippen LogP contribution < -0.4 is 0 Å². The van der Waals surface area contributed by atoms with Gasteiger partial charge in [-0.3, -0.25) is 0 Å². The molecule has 0 aliphatic carbocycles. The fraction of sp³-hybridized carbons (Fsp3) is 0.0667. The number of nitrogens with one attached hydrogen (secondary N) is 2. The molecule has 2 heterocycles. The molecule has 0 radical (unpaired) electrons. The Morgan fingerprint density at radius 1 is 0.947 bits per heavy atom. The summed E-state index contributed by atoms with van der Waals surface area (Å²) in [5, 5.41) is 0. The third kappa shape index (κ3) is 2.36. The van der Waals surface area contributed by atoms with Crippen molar-refractivity contribution in [3.63, 3.8) is 0 Å². The van der Waals surface area contributed by atoms with E-state index >= 15 is 0 Å². The zero-order valence-corrected chi connectivity index (χ0v) is 11.6. The largest absolute Gasteiger partial charge is 0.364 e. The van der Waals surface area contributed by atoms with Crippen molar-refractivity contribution in [3.05, 3.63) is 82.1 Å². The number of halogens is 2. The molecule has 0 saturated heterocycles. The maximum atomic E-state index is 13.3. The first kappa shape index (κ1) is 12.2. The van der Waals surface area contributed by atoms with Crippen molar-refractivity contribution in [2.24, 2.45) is 0 Å². The number of hydrogen-bond acceptors (Lipinski definition) is 0. The summed E-state index contributed by atoms with van der Waals surface area (Å²) in [6, 6.07) is 12.8. The Balaban J connectivity index is 2.14. The molecular weight excluding hydrogens is 307 g/mol. The van der Waals surface area contributed by atoms with E-state index in [0.29, 0.717) is 0 Å². The number of benzene rings is 1. The second kappa shape index (κ2) is 5.05. The van der Waals surface area contributed by atoms with Crippen LogP contribution in [0, 0.1) is 5.82 Å². The van der Waals surface area contributed by atoms with E-state index in [2.05, 4.69) is 25.9 Å². The Kier molecular flexibility index (Phi) is 3.25. The van der Waals surface area contributed by atoms with Crippen molar-refractivity contribution in [2.45, 2.75) is 5.92 Å². The first-order valence-electron chi connectivity index (χ1n) is 5.97. The maximum Gasteiger partial charge on any atom is 0.124 e. The van der Waals surface area contributed by atoms with E-state index in [1.165, 1.54) is 12.1 Å². The molecule has 0 aliphatic rings. The third-order valence-electron chi connectivity index (χ3n) is 3.14. The number of aromatic amines is 2. The van der Waals surface area contributed by atoms with Crippen LogP contribution in [0.1, 0.15) is 22.9 Å². The molecule has 1 aromatic carbocycles. The van der Waals surface area contributed by atoms with E-state index in [9.17, 15) is 4.39 Å². The minimum absolute atomic E-state index is 0.0278. The predicted molar refractivity (Wildman–Crippen MR) is 76.6 cm³/mol. The monoisotopic (exact) mass is 318 g/mol. The van der Waals surface area contributed by atoms with E-state index in [4.69, 9.17) is 0 Å². The summed E-state index contributed by atoms with van der Waals surface area (Å²) >= 11 is 3.45. The van der Waals surface area contributed by atoms with Crippen molar-refractivity contribution >= 4 is 15.9 Å². The molecule has 4 heteroatoms. The number of rotatable bonds is 3. The Labute approximate surface area is 118 Å². The van der Waals surface area contributed by atoms with Crippen LogP contribution in [0.5, 0.6) is 0 Å². The van der Waals surface area contributed by atoms with Gasteiger partial charge >= 0.3 is 0 Å². The van der Waals surface area contributed by atoms with Crippen LogP contribution >= 0.6 is 15.9 Å². The van der Waals surface area contributed by atoms with Crippen molar-refractivity contribution < 1.29 is 4.39 Å². The molecule has 0 unspecified atom stereocenters. The standard InChI is InChI=1S/C15H12BrFN2/c16-12-9-10(17)5-6-11(12)15(13-3-1-7-18-13)14-4-2-8-19-14/h1-9,15,18-19H. The molecule has 0 saturated carbocycles. The van der Waals surface area contributed by atoms with E-state index in [1.807, 2.05) is 42.7 Å². The molecular formula is C15H12BrFN2. The summed E-state index contributed by atoms with van der Waals surface area (Å²) < 4.78 is 14.0. The lowest BCUT2D eigenvalue weighted by atomic mass is 9.92. The van der Waals surface area contributed by atoms with Crippen LogP contribution in [-0.4, -0.2) is 9.97 Å². The number of aromatic nitrogens is 2. The summed E-state index contributed by atoms with van der Waals surface area (Å²) in [6.07, 6.45) is 3.78. The molecule has 0 atom stereocenters. The second-order valence-corrected chi connectivity index (χ2v) is 5.20. The van der Waals surface area contributed by atoms with Crippen molar-refractivity contribution in [1.29, 1.82) is 0 Å². The molecule has 3 rings (SSSR count). The highest BCUT2D eigenvalue weighted by Gasteiger charge is 2.20. The topological polar surface area (TPSA) is 31.6 Å². The van der Waals surface area contributed by atoms with Crippen molar-refractivity contribution in [1.82, 2.24) is 9.97 Å². The molecule has 3 aromatic rings.